The molecule has 19 heavy (non-hydrogen) atoms. The molecule has 1 atom stereocenters. The maximum atomic E-state index is 13.0. The quantitative estimate of drug-likeness (QED) is 0.722. The van der Waals surface area contributed by atoms with E-state index in [0.29, 0.717) is 25.2 Å². The predicted molar refractivity (Wildman–Crippen MR) is 69.2 cm³/mol. The topological polar surface area (TPSA) is 61.4 Å². The second-order valence-corrected chi connectivity index (χ2v) is 5.76. The van der Waals surface area contributed by atoms with E-state index in [4.69, 9.17) is 5.11 Å². The van der Waals surface area contributed by atoms with Gasteiger partial charge < -0.3 is 15.7 Å². The Morgan fingerprint density at radius 1 is 1.37 bits per heavy atom. The van der Waals surface area contributed by atoms with E-state index in [1.165, 1.54) is 0 Å². The lowest BCUT2D eigenvalue weighted by Crippen LogP contribution is -2.49. The smallest absolute Gasteiger partial charge is 0.315 e. The van der Waals surface area contributed by atoms with E-state index in [1.807, 2.05) is 13.8 Å². The number of nitrogens with one attached hydrogen (secondary N) is 2. The van der Waals surface area contributed by atoms with Crippen LogP contribution in [0.15, 0.2) is 0 Å². The van der Waals surface area contributed by atoms with Crippen LogP contribution in [0.4, 0.5) is 13.6 Å². The number of aliphatic hydroxyl groups excluding tert-OH is 1. The highest BCUT2D eigenvalue weighted by Crippen LogP contribution is 2.32. The van der Waals surface area contributed by atoms with Gasteiger partial charge in [0.15, 0.2) is 0 Å². The Kier molecular flexibility index (Phi) is 5.97. The fourth-order valence-electron chi connectivity index (χ4n) is 2.35. The highest BCUT2D eigenvalue weighted by Gasteiger charge is 2.35. The molecule has 1 unspecified atom stereocenters. The van der Waals surface area contributed by atoms with Crippen LogP contribution in [-0.4, -0.2) is 35.8 Å². The SMILES string of the molecule is CC(C)CC(CO)NC(=O)NC1CCC(F)(F)CC1. The first-order valence-corrected chi connectivity index (χ1v) is 6.88. The van der Waals surface area contributed by atoms with Crippen molar-refractivity contribution in [3.8, 4) is 0 Å². The number of halogens is 2. The van der Waals surface area contributed by atoms with Crippen molar-refractivity contribution in [2.75, 3.05) is 6.61 Å². The number of aliphatic hydroxyl groups is 1. The summed E-state index contributed by atoms with van der Waals surface area (Å²) in [4.78, 5) is 11.7. The molecule has 0 aromatic carbocycles. The van der Waals surface area contributed by atoms with Gasteiger partial charge in [0.05, 0.1) is 12.6 Å². The summed E-state index contributed by atoms with van der Waals surface area (Å²) in [5, 5.41) is 14.5. The van der Waals surface area contributed by atoms with Gasteiger partial charge in [-0.3, -0.25) is 0 Å². The van der Waals surface area contributed by atoms with Crippen LogP contribution in [0.25, 0.3) is 0 Å². The van der Waals surface area contributed by atoms with Gasteiger partial charge in [0.25, 0.3) is 0 Å². The van der Waals surface area contributed by atoms with Crippen LogP contribution >= 0.6 is 0 Å². The highest BCUT2D eigenvalue weighted by atomic mass is 19.3. The second-order valence-electron chi connectivity index (χ2n) is 5.76. The lowest BCUT2D eigenvalue weighted by atomic mass is 9.92. The summed E-state index contributed by atoms with van der Waals surface area (Å²) in [5.41, 5.74) is 0. The molecule has 1 aliphatic rings. The average molecular weight is 278 g/mol. The Labute approximate surface area is 112 Å². The molecule has 0 aliphatic heterocycles. The molecular formula is C13H24F2N2O2. The molecule has 2 amide bonds. The number of carbonyl (C=O) groups is 1. The molecule has 0 bridgehead atoms. The Hall–Kier alpha value is -0.910. The minimum atomic E-state index is -2.58. The number of alkyl halides is 2. The molecule has 0 aromatic rings. The van der Waals surface area contributed by atoms with Crippen LogP contribution in [0.1, 0.15) is 46.0 Å². The third-order valence-electron chi connectivity index (χ3n) is 3.36. The van der Waals surface area contributed by atoms with Gasteiger partial charge in [-0.15, -0.1) is 0 Å². The van der Waals surface area contributed by atoms with E-state index in [2.05, 4.69) is 10.6 Å². The van der Waals surface area contributed by atoms with E-state index in [-0.39, 0.29) is 37.6 Å². The maximum Gasteiger partial charge on any atom is 0.315 e. The van der Waals surface area contributed by atoms with Gasteiger partial charge in [-0.1, -0.05) is 13.8 Å². The fourth-order valence-corrected chi connectivity index (χ4v) is 2.35. The number of hydrogen-bond donors (Lipinski definition) is 3. The van der Waals surface area contributed by atoms with Crippen molar-refractivity contribution in [2.24, 2.45) is 5.92 Å². The predicted octanol–water partition coefficient (Wildman–Crippen LogP) is 2.27. The summed E-state index contributed by atoms with van der Waals surface area (Å²) < 4.78 is 25.9. The number of hydrogen-bond acceptors (Lipinski definition) is 2. The van der Waals surface area contributed by atoms with Gasteiger partial charge in [0, 0.05) is 18.9 Å². The van der Waals surface area contributed by atoms with E-state index in [1.54, 1.807) is 0 Å². The molecule has 1 fully saturated rings. The first kappa shape index (κ1) is 16.1. The minimum Gasteiger partial charge on any atom is -0.394 e. The first-order chi connectivity index (χ1) is 8.82. The Morgan fingerprint density at radius 3 is 2.42 bits per heavy atom. The molecule has 0 spiro atoms. The zero-order valence-corrected chi connectivity index (χ0v) is 11.6. The molecule has 3 N–H and O–H groups in total. The van der Waals surface area contributed by atoms with Crippen molar-refractivity contribution < 1.29 is 18.7 Å². The second kappa shape index (κ2) is 7.03. The van der Waals surface area contributed by atoms with Crippen LogP contribution in [0, 0.1) is 5.92 Å². The Morgan fingerprint density at radius 2 is 1.95 bits per heavy atom. The zero-order valence-electron chi connectivity index (χ0n) is 11.6. The molecule has 1 rings (SSSR count). The molecule has 4 nitrogen and oxygen atoms in total. The van der Waals surface area contributed by atoms with Crippen LogP contribution < -0.4 is 10.6 Å². The van der Waals surface area contributed by atoms with Crippen LogP contribution in [-0.2, 0) is 0 Å². The number of urea groups is 1. The van der Waals surface area contributed by atoms with Crippen LogP contribution in [0.3, 0.4) is 0 Å². The van der Waals surface area contributed by atoms with E-state index >= 15 is 0 Å². The van der Waals surface area contributed by atoms with Gasteiger partial charge in [-0.2, -0.15) is 0 Å². The largest absolute Gasteiger partial charge is 0.394 e. The van der Waals surface area contributed by atoms with Crippen molar-refractivity contribution in [3.63, 3.8) is 0 Å². The lowest BCUT2D eigenvalue weighted by Gasteiger charge is -2.29. The summed E-state index contributed by atoms with van der Waals surface area (Å²) in [5.74, 6) is -2.22. The van der Waals surface area contributed by atoms with Gasteiger partial charge in [-0.25, -0.2) is 13.6 Å². The molecule has 6 heteroatoms. The lowest BCUT2D eigenvalue weighted by molar-refractivity contribution is -0.0395. The average Bonchev–Trinajstić information content (AvgIpc) is 2.30. The Bertz CT molecular complexity index is 288. The summed E-state index contributed by atoms with van der Waals surface area (Å²) in [6, 6.07) is -0.863. The summed E-state index contributed by atoms with van der Waals surface area (Å²) >= 11 is 0. The monoisotopic (exact) mass is 278 g/mol. The van der Waals surface area contributed by atoms with Crippen LogP contribution in [0.5, 0.6) is 0 Å². The summed E-state index contributed by atoms with van der Waals surface area (Å²) in [7, 11) is 0. The van der Waals surface area contributed by atoms with Crippen molar-refractivity contribution in [2.45, 2.75) is 64.0 Å². The molecule has 0 radical (unpaired) electrons. The standard InChI is InChI=1S/C13H24F2N2O2/c1-9(2)7-11(8-18)17-12(19)16-10-3-5-13(14,15)6-4-10/h9-11,18H,3-8H2,1-2H3,(H2,16,17,19). The Balaban J connectivity index is 2.31. The number of amides is 2. The van der Waals surface area contributed by atoms with E-state index in [0.717, 1.165) is 0 Å². The molecule has 0 heterocycles. The minimum absolute atomic E-state index is 0.117. The number of rotatable bonds is 5. The molecule has 112 valence electrons. The molecule has 0 aromatic heterocycles. The molecule has 0 saturated heterocycles. The zero-order chi connectivity index (χ0) is 14.5. The normalized spacial score (nSPS) is 21.2. The van der Waals surface area contributed by atoms with Crippen molar-refractivity contribution in [1.29, 1.82) is 0 Å². The molecular weight excluding hydrogens is 254 g/mol. The van der Waals surface area contributed by atoms with Gasteiger partial charge in [0.2, 0.25) is 5.92 Å². The highest BCUT2D eigenvalue weighted by molar-refractivity contribution is 5.74. The van der Waals surface area contributed by atoms with Crippen molar-refractivity contribution in [3.05, 3.63) is 0 Å². The fraction of sp³-hybridized carbons (Fsp3) is 0.923. The van der Waals surface area contributed by atoms with Gasteiger partial charge in [-0.05, 0) is 25.2 Å². The first-order valence-electron chi connectivity index (χ1n) is 6.88. The van der Waals surface area contributed by atoms with E-state index in [9.17, 15) is 13.6 Å². The van der Waals surface area contributed by atoms with E-state index < -0.39 is 5.92 Å². The van der Waals surface area contributed by atoms with Gasteiger partial charge >= 0.3 is 6.03 Å². The third-order valence-corrected chi connectivity index (χ3v) is 3.36. The molecule has 1 saturated carbocycles. The molecule has 1 aliphatic carbocycles. The van der Waals surface area contributed by atoms with Gasteiger partial charge in [0.1, 0.15) is 0 Å². The number of carbonyl (C=O) groups excluding carboxylic acids is 1. The van der Waals surface area contributed by atoms with Crippen molar-refractivity contribution >= 4 is 6.03 Å². The maximum absolute atomic E-state index is 13.0. The third kappa shape index (κ3) is 6.18. The van der Waals surface area contributed by atoms with Crippen LogP contribution in [0.2, 0.25) is 0 Å². The van der Waals surface area contributed by atoms with Crippen molar-refractivity contribution in [1.82, 2.24) is 10.6 Å². The summed E-state index contributed by atoms with van der Waals surface area (Å²) in [6.45, 7) is 3.89. The summed E-state index contributed by atoms with van der Waals surface area (Å²) in [6.07, 6.45) is 0.941.